The van der Waals surface area contributed by atoms with Crippen LogP contribution in [0, 0.1) is 6.92 Å². The molecule has 0 unspecified atom stereocenters. The summed E-state index contributed by atoms with van der Waals surface area (Å²) in [7, 11) is 0. The quantitative estimate of drug-likeness (QED) is 0.810. The molecule has 17 heavy (non-hydrogen) atoms. The zero-order chi connectivity index (χ0) is 12.4. The maximum atomic E-state index is 6.04. The molecule has 2 N–H and O–H groups in total. The van der Waals surface area contributed by atoms with Crippen LogP contribution in [0.3, 0.4) is 0 Å². The highest BCUT2D eigenvalue weighted by Gasteiger charge is 2.06. The molecule has 0 bridgehead atoms. The number of rotatable bonds is 2. The van der Waals surface area contributed by atoms with E-state index in [1.807, 2.05) is 25.1 Å². The highest BCUT2D eigenvalue weighted by molar-refractivity contribution is 9.10. The topological polar surface area (TPSA) is 35.2 Å². The smallest absolute Gasteiger partial charge is 0.146 e. The van der Waals surface area contributed by atoms with E-state index in [0.29, 0.717) is 16.5 Å². The fourth-order valence-electron chi connectivity index (χ4n) is 1.41. The molecule has 0 aliphatic heterocycles. The monoisotopic (exact) mass is 311 g/mol. The van der Waals surface area contributed by atoms with Crippen LogP contribution in [-0.2, 0) is 0 Å². The molecule has 0 aliphatic carbocycles. The largest absolute Gasteiger partial charge is 0.455 e. The molecule has 2 aromatic rings. The van der Waals surface area contributed by atoms with Crippen LogP contribution >= 0.6 is 27.5 Å². The van der Waals surface area contributed by atoms with E-state index in [2.05, 4.69) is 15.9 Å². The summed E-state index contributed by atoms with van der Waals surface area (Å²) in [6.07, 6.45) is 0. The maximum Gasteiger partial charge on any atom is 0.146 e. The molecule has 0 amide bonds. The molecule has 0 aromatic heterocycles. The molecule has 88 valence electrons. The SMILES string of the molecule is Cc1ccc(Oc2ccc(N)cc2Cl)c(Br)c1. The van der Waals surface area contributed by atoms with Gasteiger partial charge in [0.25, 0.3) is 0 Å². The Morgan fingerprint density at radius 1 is 1.12 bits per heavy atom. The Balaban J connectivity index is 2.31. The van der Waals surface area contributed by atoms with E-state index >= 15 is 0 Å². The van der Waals surface area contributed by atoms with Crippen molar-refractivity contribution in [2.24, 2.45) is 0 Å². The van der Waals surface area contributed by atoms with Gasteiger partial charge >= 0.3 is 0 Å². The van der Waals surface area contributed by atoms with Crippen molar-refractivity contribution < 1.29 is 4.74 Å². The van der Waals surface area contributed by atoms with Gasteiger partial charge in [-0.15, -0.1) is 0 Å². The predicted octanol–water partition coefficient (Wildman–Crippen LogP) is 4.79. The lowest BCUT2D eigenvalue weighted by Gasteiger charge is -2.10. The van der Waals surface area contributed by atoms with Gasteiger partial charge in [-0.1, -0.05) is 17.7 Å². The second kappa shape index (κ2) is 4.98. The van der Waals surface area contributed by atoms with Gasteiger partial charge in [0, 0.05) is 5.69 Å². The van der Waals surface area contributed by atoms with Crippen LogP contribution in [0.4, 0.5) is 5.69 Å². The third-order valence-electron chi connectivity index (χ3n) is 2.26. The Kier molecular flexibility index (Phi) is 3.60. The van der Waals surface area contributed by atoms with E-state index in [9.17, 15) is 0 Å². The van der Waals surface area contributed by atoms with E-state index in [4.69, 9.17) is 22.1 Å². The maximum absolute atomic E-state index is 6.04. The molecule has 0 spiro atoms. The number of anilines is 1. The fraction of sp³-hybridized carbons (Fsp3) is 0.0769. The van der Waals surface area contributed by atoms with Crippen LogP contribution in [0.2, 0.25) is 5.02 Å². The van der Waals surface area contributed by atoms with Crippen molar-refractivity contribution in [3.05, 3.63) is 51.5 Å². The highest BCUT2D eigenvalue weighted by Crippen LogP contribution is 2.34. The third-order valence-corrected chi connectivity index (χ3v) is 3.18. The number of aryl methyl sites for hydroxylation is 1. The molecule has 2 nitrogen and oxygen atoms in total. The molecule has 0 heterocycles. The van der Waals surface area contributed by atoms with Gasteiger partial charge in [-0.2, -0.15) is 0 Å². The van der Waals surface area contributed by atoms with Gasteiger partial charge in [0.05, 0.1) is 9.50 Å². The van der Waals surface area contributed by atoms with Gasteiger partial charge in [0.15, 0.2) is 0 Å². The summed E-state index contributed by atoms with van der Waals surface area (Å²) in [5.41, 5.74) is 7.40. The average molecular weight is 313 g/mol. The average Bonchev–Trinajstić information content (AvgIpc) is 2.25. The number of benzene rings is 2. The van der Waals surface area contributed by atoms with E-state index < -0.39 is 0 Å². The normalized spacial score (nSPS) is 10.3. The number of nitrogens with two attached hydrogens (primary N) is 1. The summed E-state index contributed by atoms with van der Waals surface area (Å²) in [4.78, 5) is 0. The van der Waals surface area contributed by atoms with Gasteiger partial charge in [-0.05, 0) is 58.7 Å². The van der Waals surface area contributed by atoms with E-state index in [1.54, 1.807) is 18.2 Å². The minimum Gasteiger partial charge on any atom is -0.455 e. The van der Waals surface area contributed by atoms with E-state index in [1.165, 1.54) is 0 Å². The molecule has 0 atom stereocenters. The first kappa shape index (κ1) is 12.3. The highest BCUT2D eigenvalue weighted by atomic mass is 79.9. The van der Waals surface area contributed by atoms with Crippen molar-refractivity contribution >= 4 is 33.2 Å². The standard InChI is InChI=1S/C13H11BrClNO/c1-8-2-4-12(10(14)6-8)17-13-5-3-9(16)7-11(13)15/h2-7H,16H2,1H3. The van der Waals surface area contributed by atoms with Gasteiger partial charge < -0.3 is 10.5 Å². The van der Waals surface area contributed by atoms with Crippen molar-refractivity contribution in [1.29, 1.82) is 0 Å². The summed E-state index contributed by atoms with van der Waals surface area (Å²) in [5.74, 6) is 1.31. The van der Waals surface area contributed by atoms with Crippen LogP contribution in [0.5, 0.6) is 11.5 Å². The van der Waals surface area contributed by atoms with Crippen molar-refractivity contribution in [3.63, 3.8) is 0 Å². The molecule has 0 saturated heterocycles. The molecule has 2 aromatic carbocycles. The second-order valence-electron chi connectivity index (χ2n) is 3.73. The minimum atomic E-state index is 0.498. The second-order valence-corrected chi connectivity index (χ2v) is 4.99. The lowest BCUT2D eigenvalue weighted by atomic mass is 10.2. The van der Waals surface area contributed by atoms with Crippen LogP contribution in [0.25, 0.3) is 0 Å². The summed E-state index contributed by atoms with van der Waals surface area (Å²) < 4.78 is 6.61. The molecular weight excluding hydrogens is 302 g/mol. The molecule has 0 radical (unpaired) electrons. The van der Waals surface area contributed by atoms with Crippen molar-refractivity contribution in [2.45, 2.75) is 6.92 Å². The van der Waals surface area contributed by atoms with Gasteiger partial charge in [-0.3, -0.25) is 0 Å². The lowest BCUT2D eigenvalue weighted by Crippen LogP contribution is -1.89. The Labute approximate surface area is 113 Å². The molecular formula is C13H11BrClNO. The first-order valence-electron chi connectivity index (χ1n) is 5.05. The van der Waals surface area contributed by atoms with E-state index in [-0.39, 0.29) is 0 Å². The predicted molar refractivity (Wildman–Crippen MR) is 74.8 cm³/mol. The zero-order valence-corrected chi connectivity index (χ0v) is 11.5. The van der Waals surface area contributed by atoms with Crippen LogP contribution < -0.4 is 10.5 Å². The first-order chi connectivity index (χ1) is 8.06. The number of nitrogen functional groups attached to an aromatic ring is 1. The number of ether oxygens (including phenoxy) is 1. The minimum absolute atomic E-state index is 0.498. The van der Waals surface area contributed by atoms with Crippen LogP contribution in [0.1, 0.15) is 5.56 Å². The molecule has 0 fully saturated rings. The van der Waals surface area contributed by atoms with Gasteiger partial charge in [0.1, 0.15) is 11.5 Å². The summed E-state index contributed by atoms with van der Waals surface area (Å²) in [6.45, 7) is 2.02. The molecule has 2 rings (SSSR count). The van der Waals surface area contributed by atoms with Crippen molar-refractivity contribution in [2.75, 3.05) is 5.73 Å². The molecule has 0 aliphatic rings. The number of halogens is 2. The summed E-state index contributed by atoms with van der Waals surface area (Å²) >= 11 is 9.49. The Bertz CT molecular complexity index is 508. The Hall–Kier alpha value is -1.19. The lowest BCUT2D eigenvalue weighted by molar-refractivity contribution is 0.480. The zero-order valence-electron chi connectivity index (χ0n) is 9.21. The van der Waals surface area contributed by atoms with E-state index in [0.717, 1.165) is 15.8 Å². The summed E-state index contributed by atoms with van der Waals surface area (Å²) in [5, 5.41) is 0.498. The molecule has 0 saturated carbocycles. The van der Waals surface area contributed by atoms with Crippen molar-refractivity contribution in [1.82, 2.24) is 0 Å². The Morgan fingerprint density at radius 2 is 1.82 bits per heavy atom. The van der Waals surface area contributed by atoms with Gasteiger partial charge in [-0.25, -0.2) is 0 Å². The Morgan fingerprint density at radius 3 is 2.47 bits per heavy atom. The van der Waals surface area contributed by atoms with Crippen LogP contribution in [-0.4, -0.2) is 0 Å². The number of hydrogen-bond donors (Lipinski definition) is 1. The number of hydrogen-bond acceptors (Lipinski definition) is 2. The van der Waals surface area contributed by atoms with Crippen LogP contribution in [0.15, 0.2) is 40.9 Å². The summed E-state index contributed by atoms with van der Waals surface area (Å²) in [6, 6.07) is 11.0. The fourth-order valence-corrected chi connectivity index (χ4v) is 2.21. The third kappa shape index (κ3) is 2.93. The first-order valence-corrected chi connectivity index (χ1v) is 6.22. The van der Waals surface area contributed by atoms with Gasteiger partial charge in [0.2, 0.25) is 0 Å². The molecule has 4 heteroatoms. The van der Waals surface area contributed by atoms with Crippen molar-refractivity contribution in [3.8, 4) is 11.5 Å².